The summed E-state index contributed by atoms with van der Waals surface area (Å²) in [6.45, 7) is 10.3. The molecule has 2 unspecified atom stereocenters. The van der Waals surface area contributed by atoms with Gasteiger partial charge < -0.3 is 14.2 Å². The fraction of sp³-hybridized carbons (Fsp3) is 0.457. The second-order valence-electron chi connectivity index (χ2n) is 10.8. The molecule has 0 bridgehead atoms. The molecule has 0 spiro atoms. The fourth-order valence-corrected chi connectivity index (χ4v) is 5.74. The van der Waals surface area contributed by atoms with E-state index in [1.54, 1.807) is 0 Å². The van der Waals surface area contributed by atoms with Gasteiger partial charge in [0.05, 0.1) is 12.6 Å². The number of rotatable bonds is 13. The normalized spacial score (nSPS) is 15.2. The van der Waals surface area contributed by atoms with Gasteiger partial charge in [0, 0.05) is 19.6 Å². The van der Waals surface area contributed by atoms with Crippen LogP contribution in [0.3, 0.4) is 0 Å². The van der Waals surface area contributed by atoms with Crippen molar-refractivity contribution in [3.05, 3.63) is 99.6 Å². The zero-order valence-electron chi connectivity index (χ0n) is 24.9. The van der Waals surface area contributed by atoms with Gasteiger partial charge >= 0.3 is 5.97 Å². The number of carbonyl (C=O) groups is 1. The molecule has 5 heteroatoms. The third-order valence-electron chi connectivity index (χ3n) is 7.71. The highest BCUT2D eigenvalue weighted by molar-refractivity contribution is 5.75. The van der Waals surface area contributed by atoms with E-state index >= 15 is 0 Å². The van der Waals surface area contributed by atoms with Crippen molar-refractivity contribution in [2.75, 3.05) is 33.4 Å². The van der Waals surface area contributed by atoms with Crippen LogP contribution in [0.5, 0.6) is 5.75 Å². The molecule has 3 aromatic carbocycles. The average molecular weight is 544 g/mol. The summed E-state index contributed by atoms with van der Waals surface area (Å²) in [6, 6.07) is 22.2. The fourth-order valence-electron chi connectivity index (χ4n) is 5.74. The number of fused-ring (bicyclic) bond motifs is 2. The summed E-state index contributed by atoms with van der Waals surface area (Å²) >= 11 is 0. The number of aryl methyl sites for hydroxylation is 4. The molecule has 0 saturated carbocycles. The molecule has 0 amide bonds. The number of hydrogen-bond donors (Lipinski definition) is 0. The topological polar surface area (TPSA) is 48.0 Å². The van der Waals surface area contributed by atoms with Gasteiger partial charge in [-0.2, -0.15) is 0 Å². The van der Waals surface area contributed by atoms with Crippen molar-refractivity contribution in [2.45, 2.75) is 71.9 Å². The van der Waals surface area contributed by atoms with Gasteiger partial charge in [-0.3, -0.25) is 4.90 Å². The van der Waals surface area contributed by atoms with Crippen molar-refractivity contribution in [3.8, 4) is 5.75 Å². The molecule has 1 aliphatic rings. The summed E-state index contributed by atoms with van der Waals surface area (Å²) in [7, 11) is 2.21. The van der Waals surface area contributed by atoms with E-state index in [1.165, 1.54) is 39.8 Å². The van der Waals surface area contributed by atoms with Crippen LogP contribution in [0, 0.1) is 6.92 Å². The molecule has 40 heavy (non-hydrogen) atoms. The summed E-state index contributed by atoms with van der Waals surface area (Å²) in [5.74, 6) is 0.508. The third-order valence-corrected chi connectivity index (χ3v) is 7.71. The van der Waals surface area contributed by atoms with Gasteiger partial charge in [0.2, 0.25) is 0 Å². The van der Waals surface area contributed by atoms with Gasteiger partial charge in [-0.25, -0.2) is 4.79 Å². The van der Waals surface area contributed by atoms with Gasteiger partial charge in [-0.15, -0.1) is 0 Å². The molecule has 5 nitrogen and oxygen atoms in total. The Morgan fingerprint density at radius 3 is 2.25 bits per heavy atom. The number of likely N-dealkylation sites (N-methyl/N-ethyl adjacent to an activating group) is 1. The highest BCUT2D eigenvalue weighted by Gasteiger charge is 2.27. The minimum absolute atomic E-state index is 0.202. The highest BCUT2D eigenvalue weighted by Crippen LogP contribution is 2.37. The van der Waals surface area contributed by atoms with Gasteiger partial charge in [-0.05, 0) is 92.6 Å². The Hall–Kier alpha value is -3.15. The van der Waals surface area contributed by atoms with E-state index in [0.717, 1.165) is 37.1 Å². The lowest BCUT2D eigenvalue weighted by Crippen LogP contribution is -2.30. The zero-order chi connectivity index (χ0) is 28.5. The van der Waals surface area contributed by atoms with Crippen LogP contribution >= 0.6 is 0 Å². The minimum Gasteiger partial charge on any atom is -0.492 e. The molecule has 0 fully saturated rings. The summed E-state index contributed by atoms with van der Waals surface area (Å²) in [6.07, 6.45) is 4.34. The molecule has 2 atom stereocenters. The van der Waals surface area contributed by atoms with Gasteiger partial charge in [0.15, 0.2) is 6.10 Å². The molecule has 0 N–H and O–H groups in total. The SMILES string of the molecule is CCCc1ccc2c(c1)CCc1cc(C)ccc1C2N(C)CCOc1ccc(CC(OCC)C(=O)OCC)cc1. The van der Waals surface area contributed by atoms with E-state index in [2.05, 4.69) is 62.2 Å². The molecule has 0 heterocycles. The van der Waals surface area contributed by atoms with Gasteiger partial charge in [-0.1, -0.05) is 67.4 Å². The Bertz CT molecular complexity index is 1250. The van der Waals surface area contributed by atoms with E-state index in [-0.39, 0.29) is 12.0 Å². The zero-order valence-corrected chi connectivity index (χ0v) is 24.9. The molecule has 1 aliphatic carbocycles. The van der Waals surface area contributed by atoms with E-state index in [0.29, 0.717) is 26.2 Å². The summed E-state index contributed by atoms with van der Waals surface area (Å²) in [4.78, 5) is 14.6. The lowest BCUT2D eigenvalue weighted by molar-refractivity contribution is -0.156. The van der Waals surface area contributed by atoms with Crippen molar-refractivity contribution in [1.82, 2.24) is 4.90 Å². The Labute approximate surface area is 240 Å². The van der Waals surface area contributed by atoms with Gasteiger partial charge in [0.25, 0.3) is 0 Å². The van der Waals surface area contributed by atoms with E-state index < -0.39 is 6.10 Å². The van der Waals surface area contributed by atoms with E-state index in [9.17, 15) is 4.79 Å². The number of nitrogens with zero attached hydrogens (tertiary/aromatic N) is 1. The maximum absolute atomic E-state index is 12.2. The second-order valence-corrected chi connectivity index (χ2v) is 10.8. The smallest absolute Gasteiger partial charge is 0.335 e. The summed E-state index contributed by atoms with van der Waals surface area (Å²) in [5, 5.41) is 0. The van der Waals surface area contributed by atoms with E-state index in [4.69, 9.17) is 14.2 Å². The first-order valence-corrected chi connectivity index (χ1v) is 14.8. The summed E-state index contributed by atoms with van der Waals surface area (Å²) in [5.41, 5.74) is 9.52. The number of carbonyl (C=O) groups excluding carboxylic acids is 1. The lowest BCUT2D eigenvalue weighted by Gasteiger charge is -2.30. The van der Waals surface area contributed by atoms with Crippen molar-refractivity contribution in [3.63, 3.8) is 0 Å². The summed E-state index contributed by atoms with van der Waals surface area (Å²) < 4.78 is 16.9. The van der Waals surface area contributed by atoms with Crippen LogP contribution in [-0.2, 0) is 40.0 Å². The van der Waals surface area contributed by atoms with Crippen molar-refractivity contribution in [1.29, 1.82) is 0 Å². The highest BCUT2D eigenvalue weighted by atomic mass is 16.6. The maximum atomic E-state index is 12.2. The second kappa shape index (κ2) is 14.5. The van der Waals surface area contributed by atoms with Crippen LogP contribution in [0.4, 0.5) is 0 Å². The van der Waals surface area contributed by atoms with Gasteiger partial charge in [0.1, 0.15) is 12.4 Å². The van der Waals surface area contributed by atoms with Crippen LogP contribution in [0.15, 0.2) is 60.7 Å². The molecule has 0 saturated heterocycles. The molecular formula is C35H45NO4. The predicted octanol–water partition coefficient (Wildman–Crippen LogP) is 6.66. The number of esters is 1. The van der Waals surface area contributed by atoms with Crippen molar-refractivity contribution in [2.24, 2.45) is 0 Å². The van der Waals surface area contributed by atoms with E-state index in [1.807, 2.05) is 38.1 Å². The quantitative estimate of drug-likeness (QED) is 0.226. The van der Waals surface area contributed by atoms with Crippen LogP contribution in [0.25, 0.3) is 0 Å². The molecule has 0 aromatic heterocycles. The predicted molar refractivity (Wildman–Crippen MR) is 161 cm³/mol. The van der Waals surface area contributed by atoms with Crippen molar-refractivity contribution < 1.29 is 19.0 Å². The van der Waals surface area contributed by atoms with Crippen LogP contribution in [-0.4, -0.2) is 50.4 Å². The molecule has 214 valence electrons. The first-order valence-electron chi connectivity index (χ1n) is 14.8. The standard InChI is InChI=1S/C35H45NO4/c1-6-9-26-13-19-32-29(23-26)15-14-28-22-25(4)10-18-31(28)34(32)36(5)20-21-40-30-16-11-27(12-17-30)24-33(38-7-2)35(37)39-8-3/h10-13,16-19,22-23,33-34H,6-9,14-15,20-21,24H2,1-5H3. The largest absolute Gasteiger partial charge is 0.492 e. The van der Waals surface area contributed by atoms with Crippen LogP contribution in [0.1, 0.15) is 72.2 Å². The average Bonchev–Trinajstić information content (AvgIpc) is 3.10. The van der Waals surface area contributed by atoms with Crippen molar-refractivity contribution >= 4 is 5.97 Å². The number of ether oxygens (including phenoxy) is 3. The monoisotopic (exact) mass is 543 g/mol. The first-order chi connectivity index (χ1) is 19.4. The first kappa shape index (κ1) is 29.8. The lowest BCUT2D eigenvalue weighted by atomic mass is 9.91. The molecule has 3 aromatic rings. The Kier molecular flexibility index (Phi) is 10.8. The maximum Gasteiger partial charge on any atom is 0.335 e. The third kappa shape index (κ3) is 7.52. The molecule has 0 aliphatic heterocycles. The Morgan fingerprint density at radius 2 is 1.57 bits per heavy atom. The Morgan fingerprint density at radius 1 is 0.900 bits per heavy atom. The molecule has 0 radical (unpaired) electrons. The van der Waals surface area contributed by atoms with Crippen LogP contribution in [0.2, 0.25) is 0 Å². The number of benzene rings is 3. The Balaban J connectivity index is 1.43. The molecule has 4 rings (SSSR count). The minimum atomic E-state index is -0.586. The molecular weight excluding hydrogens is 498 g/mol. The van der Waals surface area contributed by atoms with Crippen LogP contribution < -0.4 is 4.74 Å². The number of hydrogen-bond acceptors (Lipinski definition) is 5.